The predicted molar refractivity (Wildman–Crippen MR) is 89.6 cm³/mol. The quantitative estimate of drug-likeness (QED) is 0.689. The van der Waals surface area contributed by atoms with E-state index in [0.29, 0.717) is 26.1 Å². The molecule has 8 heteroatoms. The van der Waals surface area contributed by atoms with Crippen molar-refractivity contribution in [2.75, 3.05) is 13.1 Å². The average Bonchev–Trinajstić information content (AvgIpc) is 3.18. The molecule has 1 saturated heterocycles. The summed E-state index contributed by atoms with van der Waals surface area (Å²) >= 11 is 0. The Labute approximate surface area is 145 Å². The van der Waals surface area contributed by atoms with Crippen LogP contribution in [0.15, 0.2) is 42.9 Å². The summed E-state index contributed by atoms with van der Waals surface area (Å²) < 4.78 is 1.83. The molecule has 3 heterocycles. The van der Waals surface area contributed by atoms with Crippen molar-refractivity contribution in [3.63, 3.8) is 0 Å². The maximum Gasteiger partial charge on any atom is 0.227 e. The number of hydrogen-bond acceptors (Lipinski definition) is 5. The topological polar surface area (TPSA) is 81.7 Å². The summed E-state index contributed by atoms with van der Waals surface area (Å²) in [4.78, 5) is 15.8. The van der Waals surface area contributed by atoms with E-state index in [1.807, 2.05) is 40.9 Å². The molecule has 1 aliphatic rings. The monoisotopic (exact) mass is 337 g/mol. The smallest absolute Gasteiger partial charge is 0.227 e. The summed E-state index contributed by atoms with van der Waals surface area (Å²) in [5.74, 6) is 0.155. The zero-order valence-electron chi connectivity index (χ0n) is 14.0. The molecule has 1 amide bonds. The first kappa shape index (κ1) is 15.5. The first-order chi connectivity index (χ1) is 12.2. The van der Waals surface area contributed by atoms with Crippen LogP contribution < -0.4 is 0 Å². The number of amides is 1. The van der Waals surface area contributed by atoms with E-state index in [0.717, 1.165) is 11.3 Å². The zero-order chi connectivity index (χ0) is 17.2. The molecule has 1 aliphatic heterocycles. The number of aryl methyl sites for hydroxylation is 1. The molecule has 0 N–H and O–H groups in total. The lowest BCUT2D eigenvalue weighted by molar-refractivity contribution is -0.136. The second-order valence-corrected chi connectivity index (χ2v) is 6.37. The highest BCUT2D eigenvalue weighted by Gasteiger charge is 2.32. The van der Waals surface area contributed by atoms with Crippen molar-refractivity contribution in [2.45, 2.75) is 25.9 Å². The molecule has 1 aromatic carbocycles. The molecule has 128 valence electrons. The lowest BCUT2D eigenvalue weighted by Gasteiger charge is -2.39. The normalized spacial score (nSPS) is 14.5. The Morgan fingerprint density at radius 1 is 1.24 bits per heavy atom. The van der Waals surface area contributed by atoms with Crippen molar-refractivity contribution in [2.24, 2.45) is 0 Å². The number of aromatic nitrogens is 6. The van der Waals surface area contributed by atoms with Crippen LogP contribution in [-0.2, 0) is 17.8 Å². The molecule has 0 spiro atoms. The molecule has 3 aromatic rings. The van der Waals surface area contributed by atoms with E-state index in [2.05, 4.69) is 26.6 Å². The van der Waals surface area contributed by atoms with Gasteiger partial charge in [0, 0.05) is 13.1 Å². The number of likely N-dealkylation sites (tertiary alicyclic amines) is 1. The lowest BCUT2D eigenvalue weighted by atomic mass is 10.0. The van der Waals surface area contributed by atoms with Gasteiger partial charge in [0.15, 0.2) is 0 Å². The minimum absolute atomic E-state index is 0.155. The van der Waals surface area contributed by atoms with Gasteiger partial charge in [-0.05, 0) is 12.5 Å². The molecule has 0 aliphatic carbocycles. The highest BCUT2D eigenvalue weighted by molar-refractivity contribution is 5.79. The van der Waals surface area contributed by atoms with Gasteiger partial charge < -0.3 is 4.90 Å². The van der Waals surface area contributed by atoms with Gasteiger partial charge in [0.25, 0.3) is 0 Å². The van der Waals surface area contributed by atoms with Crippen molar-refractivity contribution in [3.8, 4) is 0 Å². The van der Waals surface area contributed by atoms with Gasteiger partial charge in [-0.25, -0.2) is 4.68 Å². The van der Waals surface area contributed by atoms with E-state index in [1.54, 1.807) is 17.2 Å². The van der Waals surface area contributed by atoms with Crippen LogP contribution in [0.25, 0.3) is 0 Å². The van der Waals surface area contributed by atoms with Gasteiger partial charge in [0.2, 0.25) is 5.91 Å². The van der Waals surface area contributed by atoms with Gasteiger partial charge in [-0.15, -0.1) is 5.10 Å². The van der Waals surface area contributed by atoms with Crippen molar-refractivity contribution in [1.82, 2.24) is 34.9 Å². The fourth-order valence-corrected chi connectivity index (χ4v) is 2.97. The number of rotatable bonds is 5. The van der Waals surface area contributed by atoms with E-state index in [9.17, 15) is 4.79 Å². The third-order valence-electron chi connectivity index (χ3n) is 4.35. The van der Waals surface area contributed by atoms with E-state index in [-0.39, 0.29) is 11.9 Å². The molecule has 2 aromatic heterocycles. The van der Waals surface area contributed by atoms with E-state index >= 15 is 0 Å². The standard InChI is InChI=1S/C17H19N7O/c1-13-3-2-4-14(7-13)8-17(25)22-11-16(12-22)23-9-15(20-21-23)10-24-18-5-6-19-24/h2-7,9,16H,8,10-12H2,1H3. The highest BCUT2D eigenvalue weighted by atomic mass is 16.2. The molecule has 0 saturated carbocycles. The SMILES string of the molecule is Cc1cccc(CC(=O)N2CC(n3cc(Cn4nccn4)nn3)C2)c1. The van der Waals surface area contributed by atoms with E-state index in [4.69, 9.17) is 0 Å². The van der Waals surface area contributed by atoms with Crippen molar-refractivity contribution in [3.05, 3.63) is 59.7 Å². The van der Waals surface area contributed by atoms with Crippen LogP contribution in [0.2, 0.25) is 0 Å². The van der Waals surface area contributed by atoms with E-state index in [1.165, 1.54) is 5.56 Å². The third-order valence-corrected chi connectivity index (χ3v) is 4.35. The molecular formula is C17H19N7O. The molecule has 0 unspecified atom stereocenters. The summed E-state index contributed by atoms with van der Waals surface area (Å²) in [6.07, 6.45) is 5.61. The molecular weight excluding hydrogens is 318 g/mol. The fourth-order valence-electron chi connectivity index (χ4n) is 2.97. The Kier molecular flexibility index (Phi) is 4.01. The predicted octanol–water partition coefficient (Wildman–Crippen LogP) is 0.852. The Hall–Kier alpha value is -3.03. The first-order valence-electron chi connectivity index (χ1n) is 8.25. The Morgan fingerprint density at radius 2 is 2.04 bits per heavy atom. The van der Waals surface area contributed by atoms with Crippen LogP contribution in [0, 0.1) is 6.92 Å². The number of hydrogen-bond donors (Lipinski definition) is 0. The van der Waals surface area contributed by atoms with Gasteiger partial charge in [-0.2, -0.15) is 15.0 Å². The summed E-state index contributed by atoms with van der Waals surface area (Å²) in [6.45, 7) is 3.88. The van der Waals surface area contributed by atoms with Gasteiger partial charge in [0.1, 0.15) is 12.2 Å². The molecule has 0 atom stereocenters. The van der Waals surface area contributed by atoms with Gasteiger partial charge in [0.05, 0.1) is 31.1 Å². The number of nitrogens with zero attached hydrogens (tertiary/aromatic N) is 7. The molecule has 8 nitrogen and oxygen atoms in total. The van der Waals surface area contributed by atoms with Crippen molar-refractivity contribution < 1.29 is 4.79 Å². The number of carbonyl (C=O) groups is 1. The van der Waals surface area contributed by atoms with Gasteiger partial charge >= 0.3 is 0 Å². The second kappa shape index (κ2) is 6.46. The minimum atomic E-state index is 0.155. The Balaban J connectivity index is 1.31. The lowest BCUT2D eigenvalue weighted by Crippen LogP contribution is -2.51. The Bertz CT molecular complexity index is 865. The maximum atomic E-state index is 12.4. The zero-order valence-corrected chi connectivity index (χ0v) is 14.0. The maximum absolute atomic E-state index is 12.4. The summed E-state index contributed by atoms with van der Waals surface area (Å²) in [6, 6.07) is 8.27. The van der Waals surface area contributed by atoms with Crippen LogP contribution >= 0.6 is 0 Å². The first-order valence-corrected chi connectivity index (χ1v) is 8.25. The van der Waals surface area contributed by atoms with Crippen molar-refractivity contribution >= 4 is 5.91 Å². The second-order valence-electron chi connectivity index (χ2n) is 6.37. The van der Waals surface area contributed by atoms with Crippen LogP contribution in [-0.4, -0.2) is 53.9 Å². The minimum Gasteiger partial charge on any atom is -0.338 e. The number of benzene rings is 1. The molecule has 1 fully saturated rings. The average molecular weight is 337 g/mol. The van der Waals surface area contributed by atoms with Crippen LogP contribution in [0.3, 0.4) is 0 Å². The molecule has 4 rings (SSSR count). The third kappa shape index (κ3) is 3.42. The van der Waals surface area contributed by atoms with Crippen LogP contribution in [0.4, 0.5) is 0 Å². The molecule has 0 bridgehead atoms. The molecule has 0 radical (unpaired) electrons. The largest absolute Gasteiger partial charge is 0.338 e. The summed E-state index contributed by atoms with van der Waals surface area (Å²) in [5.41, 5.74) is 3.04. The highest BCUT2D eigenvalue weighted by Crippen LogP contribution is 2.21. The van der Waals surface area contributed by atoms with Gasteiger partial charge in [-0.3, -0.25) is 4.79 Å². The molecule has 25 heavy (non-hydrogen) atoms. The number of carbonyl (C=O) groups excluding carboxylic acids is 1. The van der Waals surface area contributed by atoms with Gasteiger partial charge in [-0.1, -0.05) is 35.0 Å². The summed E-state index contributed by atoms with van der Waals surface area (Å²) in [7, 11) is 0. The Morgan fingerprint density at radius 3 is 2.80 bits per heavy atom. The fraction of sp³-hybridized carbons (Fsp3) is 0.353. The summed E-state index contributed by atoms with van der Waals surface area (Å²) in [5, 5.41) is 16.4. The van der Waals surface area contributed by atoms with Crippen molar-refractivity contribution in [1.29, 1.82) is 0 Å². The van der Waals surface area contributed by atoms with E-state index < -0.39 is 0 Å². The van der Waals surface area contributed by atoms with Crippen LogP contribution in [0.1, 0.15) is 22.9 Å². The van der Waals surface area contributed by atoms with Crippen LogP contribution in [0.5, 0.6) is 0 Å².